The molecule has 1 fully saturated rings. The number of rotatable bonds is 11. The molecule has 0 atom stereocenters. The van der Waals surface area contributed by atoms with Gasteiger partial charge in [-0.2, -0.15) is 0 Å². The van der Waals surface area contributed by atoms with E-state index in [0.29, 0.717) is 42.3 Å². The van der Waals surface area contributed by atoms with E-state index in [1.807, 2.05) is 13.8 Å². The van der Waals surface area contributed by atoms with Gasteiger partial charge in [0, 0.05) is 48.8 Å². The molecule has 1 amide bonds. The van der Waals surface area contributed by atoms with Crippen LogP contribution < -0.4 is 14.8 Å². The highest BCUT2D eigenvalue weighted by Crippen LogP contribution is 2.38. The number of ether oxygens (including phenoxy) is 3. The first-order chi connectivity index (χ1) is 17.6. The molecule has 2 heterocycles. The predicted octanol–water partition coefficient (Wildman–Crippen LogP) is 4.56. The minimum atomic E-state index is -4.53. The summed E-state index contributed by atoms with van der Waals surface area (Å²) >= 11 is 1.20. The van der Waals surface area contributed by atoms with E-state index in [0.717, 1.165) is 0 Å². The van der Waals surface area contributed by atoms with Crippen LogP contribution >= 0.6 is 19.6 Å². The molecule has 1 aliphatic heterocycles. The standard InChI is InChI=1S/C23H31FN3O8PS/c1-15(2)34-23(28)27-10-7-16(8-11-27)35-20-6-9-25-22(21(20)32-3)26-19-5-4-17(14-18(19)24)37-13-12-33-36(29,30)31/h4-6,9,14-16H,7-8,10-13H2,1-3H3,(H,25,26)(H2,29,30,31). The Balaban J connectivity index is 1.60. The van der Waals surface area contributed by atoms with Gasteiger partial charge in [0.05, 0.1) is 25.5 Å². The van der Waals surface area contributed by atoms with Crippen molar-refractivity contribution in [1.82, 2.24) is 9.88 Å². The fraction of sp³-hybridized carbons (Fsp3) is 0.478. The summed E-state index contributed by atoms with van der Waals surface area (Å²) in [4.78, 5) is 36.0. The van der Waals surface area contributed by atoms with Crippen molar-refractivity contribution in [2.45, 2.75) is 43.8 Å². The van der Waals surface area contributed by atoms with Gasteiger partial charge in [-0.05, 0) is 32.0 Å². The second-order valence-electron chi connectivity index (χ2n) is 8.37. The summed E-state index contributed by atoms with van der Waals surface area (Å²) in [6.07, 6.45) is 2.11. The SMILES string of the molecule is COc1c(OC2CCN(C(=O)OC(C)C)CC2)ccnc1Nc1ccc(SCCOP(=O)(O)O)cc1F. The second-order valence-corrected chi connectivity index (χ2v) is 10.8. The number of benzene rings is 1. The molecule has 3 rings (SSSR count). The van der Waals surface area contributed by atoms with E-state index in [9.17, 15) is 13.8 Å². The zero-order valence-electron chi connectivity index (χ0n) is 20.8. The van der Waals surface area contributed by atoms with Crippen molar-refractivity contribution in [2.24, 2.45) is 0 Å². The van der Waals surface area contributed by atoms with Gasteiger partial charge in [0.25, 0.3) is 0 Å². The van der Waals surface area contributed by atoms with E-state index in [-0.39, 0.29) is 42.2 Å². The van der Waals surface area contributed by atoms with Crippen molar-refractivity contribution >= 4 is 37.2 Å². The Morgan fingerprint density at radius 2 is 2.03 bits per heavy atom. The number of thioether (sulfide) groups is 1. The summed E-state index contributed by atoms with van der Waals surface area (Å²) in [7, 11) is -3.06. The number of phosphoric ester groups is 1. The highest BCUT2D eigenvalue weighted by Gasteiger charge is 2.26. The number of hydrogen-bond acceptors (Lipinski definition) is 9. The predicted molar refractivity (Wildman–Crippen MR) is 136 cm³/mol. The van der Waals surface area contributed by atoms with Crippen molar-refractivity contribution in [3.05, 3.63) is 36.3 Å². The van der Waals surface area contributed by atoms with Gasteiger partial charge in [0.2, 0.25) is 5.75 Å². The number of hydrogen-bond donors (Lipinski definition) is 3. The maximum Gasteiger partial charge on any atom is 0.469 e. The molecule has 14 heteroatoms. The third kappa shape index (κ3) is 9.04. The number of carbonyl (C=O) groups excluding carboxylic acids is 1. The summed E-state index contributed by atoms with van der Waals surface area (Å²) < 4.78 is 46.8. The Morgan fingerprint density at radius 1 is 1.30 bits per heavy atom. The van der Waals surface area contributed by atoms with Crippen LogP contribution in [0.15, 0.2) is 35.4 Å². The Kier molecular flexibility index (Phi) is 10.4. The number of piperidine rings is 1. The molecule has 1 aliphatic rings. The van der Waals surface area contributed by atoms with Crippen molar-refractivity contribution < 1.29 is 42.3 Å². The van der Waals surface area contributed by atoms with E-state index in [1.54, 1.807) is 17.0 Å². The number of methoxy groups -OCH3 is 1. The van der Waals surface area contributed by atoms with E-state index in [1.165, 1.54) is 37.2 Å². The first-order valence-corrected chi connectivity index (χ1v) is 14.1. The molecule has 1 saturated heterocycles. The quantitative estimate of drug-likeness (QED) is 0.203. The number of phosphoric acid groups is 1. The maximum absolute atomic E-state index is 14.8. The van der Waals surface area contributed by atoms with Crippen LogP contribution in [0, 0.1) is 5.82 Å². The largest absolute Gasteiger partial charge is 0.490 e. The monoisotopic (exact) mass is 559 g/mol. The summed E-state index contributed by atoms with van der Waals surface area (Å²) in [5, 5.41) is 2.93. The molecule has 0 unspecified atom stereocenters. The molecular weight excluding hydrogens is 528 g/mol. The molecule has 0 radical (unpaired) electrons. The molecule has 0 saturated carbocycles. The van der Waals surface area contributed by atoms with E-state index >= 15 is 0 Å². The minimum absolute atomic E-state index is 0.144. The number of carbonyl (C=O) groups is 1. The van der Waals surface area contributed by atoms with Gasteiger partial charge in [0.1, 0.15) is 11.9 Å². The number of anilines is 2. The summed E-state index contributed by atoms with van der Waals surface area (Å²) in [5.41, 5.74) is 0.163. The fourth-order valence-electron chi connectivity index (χ4n) is 3.55. The summed E-state index contributed by atoms with van der Waals surface area (Å²) in [5.74, 6) is 0.727. The Morgan fingerprint density at radius 3 is 2.65 bits per heavy atom. The molecule has 0 spiro atoms. The van der Waals surface area contributed by atoms with Crippen LogP contribution in [0.1, 0.15) is 26.7 Å². The van der Waals surface area contributed by atoms with E-state index < -0.39 is 13.6 Å². The molecule has 3 N–H and O–H groups in total. The van der Waals surface area contributed by atoms with E-state index in [4.69, 9.17) is 24.0 Å². The minimum Gasteiger partial charge on any atom is -0.490 e. The molecule has 11 nitrogen and oxygen atoms in total. The van der Waals surface area contributed by atoms with Crippen molar-refractivity contribution in [3.8, 4) is 11.5 Å². The molecule has 1 aromatic heterocycles. The molecule has 204 valence electrons. The van der Waals surface area contributed by atoms with Crippen molar-refractivity contribution in [2.75, 3.05) is 37.9 Å². The number of aromatic nitrogens is 1. The lowest BCUT2D eigenvalue weighted by Crippen LogP contribution is -2.42. The zero-order valence-corrected chi connectivity index (χ0v) is 22.5. The highest BCUT2D eigenvalue weighted by molar-refractivity contribution is 7.99. The molecular formula is C23H31FN3O8PS. The lowest BCUT2D eigenvalue weighted by atomic mass is 10.1. The molecule has 2 aromatic rings. The fourth-order valence-corrected chi connectivity index (χ4v) is 4.76. The van der Waals surface area contributed by atoms with Gasteiger partial charge in [-0.3, -0.25) is 4.52 Å². The van der Waals surface area contributed by atoms with E-state index in [2.05, 4.69) is 14.8 Å². The Bertz CT molecular complexity index is 1110. The first kappa shape index (κ1) is 29.0. The number of halogens is 1. The zero-order chi connectivity index (χ0) is 27.0. The van der Waals surface area contributed by atoms with Gasteiger partial charge in [-0.25, -0.2) is 18.7 Å². The third-order valence-corrected chi connectivity index (χ3v) is 6.69. The molecule has 37 heavy (non-hydrogen) atoms. The Hall–Kier alpha value is -2.57. The summed E-state index contributed by atoms with van der Waals surface area (Å²) in [6.45, 7) is 4.46. The lowest BCUT2D eigenvalue weighted by molar-refractivity contribution is 0.0511. The van der Waals surface area contributed by atoms with Gasteiger partial charge in [0.15, 0.2) is 11.6 Å². The van der Waals surface area contributed by atoms with Crippen LogP contribution in [-0.4, -0.2) is 70.5 Å². The average molecular weight is 560 g/mol. The van der Waals surface area contributed by atoms with Gasteiger partial charge >= 0.3 is 13.9 Å². The van der Waals surface area contributed by atoms with Gasteiger partial charge in [-0.15, -0.1) is 11.8 Å². The smallest absolute Gasteiger partial charge is 0.469 e. The molecule has 1 aromatic carbocycles. The maximum atomic E-state index is 14.8. The number of nitrogens with one attached hydrogen (secondary N) is 1. The molecule has 0 aliphatic carbocycles. The number of likely N-dealkylation sites (tertiary alicyclic amines) is 1. The van der Waals surface area contributed by atoms with Crippen molar-refractivity contribution in [1.29, 1.82) is 0 Å². The summed E-state index contributed by atoms with van der Waals surface area (Å²) in [6, 6.07) is 6.16. The van der Waals surface area contributed by atoms with Crippen LogP contribution in [0.2, 0.25) is 0 Å². The lowest BCUT2D eigenvalue weighted by Gasteiger charge is -2.32. The van der Waals surface area contributed by atoms with Crippen LogP contribution in [0.5, 0.6) is 11.5 Å². The van der Waals surface area contributed by atoms with Crippen LogP contribution in [0.3, 0.4) is 0 Å². The normalized spacial score (nSPS) is 14.5. The Labute approximate surface area is 218 Å². The highest BCUT2D eigenvalue weighted by atomic mass is 32.2. The number of amides is 1. The topological polar surface area (TPSA) is 140 Å². The van der Waals surface area contributed by atoms with Crippen LogP contribution in [0.4, 0.5) is 20.7 Å². The van der Waals surface area contributed by atoms with Crippen molar-refractivity contribution in [3.63, 3.8) is 0 Å². The first-order valence-electron chi connectivity index (χ1n) is 11.6. The van der Waals surface area contributed by atoms with Crippen LogP contribution in [0.25, 0.3) is 0 Å². The third-order valence-electron chi connectivity index (χ3n) is 5.21. The molecule has 0 bridgehead atoms. The second kappa shape index (κ2) is 13.3. The van der Waals surface area contributed by atoms with Gasteiger partial charge in [-0.1, -0.05) is 0 Å². The average Bonchev–Trinajstić information content (AvgIpc) is 2.83. The van der Waals surface area contributed by atoms with Gasteiger partial charge < -0.3 is 34.2 Å². The number of pyridine rings is 1. The van der Waals surface area contributed by atoms with Crippen LogP contribution in [-0.2, 0) is 13.8 Å². The number of nitrogens with zero attached hydrogens (tertiary/aromatic N) is 2.